The maximum absolute atomic E-state index is 3.51. The van der Waals surface area contributed by atoms with Crippen LogP contribution in [0.2, 0.25) is 0 Å². The van der Waals surface area contributed by atoms with Crippen molar-refractivity contribution < 1.29 is 0 Å². The summed E-state index contributed by atoms with van der Waals surface area (Å²) in [6.07, 6.45) is 1.15. The molecule has 1 aliphatic heterocycles. The Morgan fingerprint density at radius 3 is 2.72 bits per heavy atom. The van der Waals surface area contributed by atoms with Crippen molar-refractivity contribution in [1.29, 1.82) is 0 Å². The molecule has 92 valence electrons. The molecule has 0 fully saturated rings. The summed E-state index contributed by atoms with van der Waals surface area (Å²) in [6.45, 7) is 2.92. The lowest BCUT2D eigenvalue weighted by molar-refractivity contribution is 0.694. The van der Waals surface area contributed by atoms with Crippen LogP contribution in [-0.2, 0) is 19.5 Å². The van der Waals surface area contributed by atoms with Gasteiger partial charge in [0.15, 0.2) is 0 Å². The highest BCUT2D eigenvalue weighted by atomic mass is 14.9. The summed E-state index contributed by atoms with van der Waals surface area (Å²) in [5.41, 5.74) is 5.51. The maximum Gasteiger partial charge on any atom is 0.0419 e. The number of benzene rings is 2. The molecule has 2 N–H and O–H groups in total. The Hall–Kier alpha value is -1.80. The Labute approximate surface area is 108 Å². The molecule has 18 heavy (non-hydrogen) atoms. The lowest BCUT2D eigenvalue weighted by atomic mass is 10.1. The van der Waals surface area contributed by atoms with Gasteiger partial charge in [0.05, 0.1) is 0 Å². The largest absolute Gasteiger partial charge is 0.384 e. The lowest BCUT2D eigenvalue weighted by Crippen LogP contribution is -2.13. The van der Waals surface area contributed by atoms with Gasteiger partial charge in [-0.1, -0.05) is 48.5 Å². The summed E-state index contributed by atoms with van der Waals surface area (Å²) in [6, 6.07) is 17.1. The van der Waals surface area contributed by atoms with Gasteiger partial charge in [-0.25, -0.2) is 0 Å². The van der Waals surface area contributed by atoms with E-state index in [2.05, 4.69) is 59.2 Å². The minimum absolute atomic E-state index is 0.921. The minimum atomic E-state index is 0.921. The van der Waals surface area contributed by atoms with Crippen molar-refractivity contribution in [1.82, 2.24) is 5.32 Å². The Morgan fingerprint density at radius 1 is 0.944 bits per heavy atom. The van der Waals surface area contributed by atoms with Crippen molar-refractivity contribution in [3.63, 3.8) is 0 Å². The quantitative estimate of drug-likeness (QED) is 0.855. The fourth-order valence-electron chi connectivity index (χ4n) is 2.50. The molecular formula is C16H18N2. The first kappa shape index (κ1) is 11.3. The van der Waals surface area contributed by atoms with Crippen LogP contribution in [0.4, 0.5) is 5.69 Å². The number of para-hydroxylation sites is 1. The van der Waals surface area contributed by atoms with E-state index in [-0.39, 0.29) is 0 Å². The smallest absolute Gasteiger partial charge is 0.0419 e. The topological polar surface area (TPSA) is 24.1 Å². The van der Waals surface area contributed by atoms with Crippen molar-refractivity contribution in [2.24, 2.45) is 0 Å². The molecule has 2 aromatic rings. The standard InChI is InChI=1S/C16H18N2/c1-2-5-13(6-3-1)11-17-12-15-8-4-7-14-9-10-18-16(14)15/h1-8,17-18H,9-12H2. The molecule has 0 spiro atoms. The Morgan fingerprint density at radius 2 is 1.83 bits per heavy atom. The molecule has 2 nitrogen and oxygen atoms in total. The molecule has 0 saturated heterocycles. The lowest BCUT2D eigenvalue weighted by Gasteiger charge is -2.10. The van der Waals surface area contributed by atoms with E-state index in [1.54, 1.807) is 0 Å². The molecule has 1 aliphatic rings. The van der Waals surface area contributed by atoms with Gasteiger partial charge in [-0.15, -0.1) is 0 Å². The van der Waals surface area contributed by atoms with Crippen LogP contribution in [-0.4, -0.2) is 6.54 Å². The first-order valence-electron chi connectivity index (χ1n) is 6.53. The first-order chi connectivity index (χ1) is 8.93. The van der Waals surface area contributed by atoms with Crippen molar-refractivity contribution in [3.05, 3.63) is 65.2 Å². The van der Waals surface area contributed by atoms with Crippen molar-refractivity contribution >= 4 is 5.69 Å². The van der Waals surface area contributed by atoms with Crippen LogP contribution in [0.1, 0.15) is 16.7 Å². The molecule has 0 radical (unpaired) electrons. The fraction of sp³-hybridized carbons (Fsp3) is 0.250. The average Bonchev–Trinajstić information content (AvgIpc) is 2.89. The minimum Gasteiger partial charge on any atom is -0.384 e. The molecule has 0 atom stereocenters. The monoisotopic (exact) mass is 238 g/mol. The molecule has 0 bridgehead atoms. The van der Waals surface area contributed by atoms with Crippen LogP contribution in [0.15, 0.2) is 48.5 Å². The Bertz CT molecular complexity index is 520. The summed E-state index contributed by atoms with van der Waals surface area (Å²) in [5.74, 6) is 0. The van der Waals surface area contributed by atoms with E-state index in [1.165, 1.54) is 22.4 Å². The predicted molar refractivity (Wildman–Crippen MR) is 75.6 cm³/mol. The highest BCUT2D eigenvalue weighted by molar-refractivity contribution is 5.61. The van der Waals surface area contributed by atoms with Gasteiger partial charge in [0, 0.05) is 25.3 Å². The number of hydrogen-bond donors (Lipinski definition) is 2. The molecule has 2 aromatic carbocycles. The second-order valence-electron chi connectivity index (χ2n) is 4.72. The van der Waals surface area contributed by atoms with Crippen LogP contribution in [0.3, 0.4) is 0 Å². The third-order valence-electron chi connectivity index (χ3n) is 3.42. The molecule has 0 saturated carbocycles. The highest BCUT2D eigenvalue weighted by Gasteiger charge is 2.12. The van der Waals surface area contributed by atoms with Gasteiger partial charge < -0.3 is 10.6 Å². The van der Waals surface area contributed by atoms with Crippen LogP contribution in [0.25, 0.3) is 0 Å². The third-order valence-corrected chi connectivity index (χ3v) is 3.42. The molecule has 0 aliphatic carbocycles. The summed E-state index contributed by atoms with van der Waals surface area (Å²) in [5, 5.41) is 6.99. The first-order valence-corrected chi connectivity index (χ1v) is 6.53. The zero-order valence-electron chi connectivity index (χ0n) is 10.4. The van der Waals surface area contributed by atoms with Gasteiger partial charge in [0.1, 0.15) is 0 Å². The molecule has 1 heterocycles. The predicted octanol–water partition coefficient (Wildman–Crippen LogP) is 2.94. The van der Waals surface area contributed by atoms with Gasteiger partial charge in [-0.2, -0.15) is 0 Å². The zero-order chi connectivity index (χ0) is 12.2. The SMILES string of the molecule is c1ccc(CNCc2cccc3c2NCC3)cc1. The van der Waals surface area contributed by atoms with Crippen LogP contribution in [0.5, 0.6) is 0 Å². The van der Waals surface area contributed by atoms with Crippen LogP contribution >= 0.6 is 0 Å². The molecule has 2 heteroatoms. The van der Waals surface area contributed by atoms with Gasteiger partial charge in [-0.3, -0.25) is 0 Å². The number of rotatable bonds is 4. The van der Waals surface area contributed by atoms with Gasteiger partial charge in [0.25, 0.3) is 0 Å². The van der Waals surface area contributed by atoms with Gasteiger partial charge in [0.2, 0.25) is 0 Å². The molecule has 0 aromatic heterocycles. The van der Waals surface area contributed by atoms with E-state index < -0.39 is 0 Å². The third kappa shape index (κ3) is 2.39. The van der Waals surface area contributed by atoms with E-state index in [9.17, 15) is 0 Å². The molecular weight excluding hydrogens is 220 g/mol. The van der Waals surface area contributed by atoms with Gasteiger partial charge >= 0.3 is 0 Å². The number of nitrogens with one attached hydrogen (secondary N) is 2. The van der Waals surface area contributed by atoms with E-state index in [1.807, 2.05) is 0 Å². The second kappa shape index (κ2) is 5.23. The van der Waals surface area contributed by atoms with E-state index in [4.69, 9.17) is 0 Å². The van der Waals surface area contributed by atoms with Gasteiger partial charge in [-0.05, 0) is 23.1 Å². The number of anilines is 1. The normalized spacial score (nSPS) is 13.1. The van der Waals surface area contributed by atoms with Crippen LogP contribution < -0.4 is 10.6 Å². The molecule has 0 amide bonds. The number of fused-ring (bicyclic) bond motifs is 1. The summed E-state index contributed by atoms with van der Waals surface area (Å²) < 4.78 is 0. The van der Waals surface area contributed by atoms with Crippen molar-refractivity contribution in [2.75, 3.05) is 11.9 Å². The highest BCUT2D eigenvalue weighted by Crippen LogP contribution is 2.26. The second-order valence-corrected chi connectivity index (χ2v) is 4.72. The van der Waals surface area contributed by atoms with Crippen molar-refractivity contribution in [3.8, 4) is 0 Å². The van der Waals surface area contributed by atoms with Crippen LogP contribution in [0, 0.1) is 0 Å². The van der Waals surface area contributed by atoms with Crippen molar-refractivity contribution in [2.45, 2.75) is 19.5 Å². The zero-order valence-corrected chi connectivity index (χ0v) is 10.4. The summed E-state index contributed by atoms with van der Waals surface area (Å²) in [7, 11) is 0. The molecule has 0 unspecified atom stereocenters. The molecule has 3 rings (SSSR count). The number of hydrogen-bond acceptors (Lipinski definition) is 2. The van der Waals surface area contributed by atoms with E-state index in [0.29, 0.717) is 0 Å². The maximum atomic E-state index is 3.51. The summed E-state index contributed by atoms with van der Waals surface area (Å²) >= 11 is 0. The fourth-order valence-corrected chi connectivity index (χ4v) is 2.50. The summed E-state index contributed by atoms with van der Waals surface area (Å²) in [4.78, 5) is 0. The average molecular weight is 238 g/mol. The Balaban J connectivity index is 1.63. The van der Waals surface area contributed by atoms with E-state index >= 15 is 0 Å². The Kier molecular flexibility index (Phi) is 3.29. The van der Waals surface area contributed by atoms with E-state index in [0.717, 1.165) is 26.1 Å².